The fourth-order valence-corrected chi connectivity index (χ4v) is 2.21. The number of anilines is 1. The van der Waals surface area contributed by atoms with Crippen molar-refractivity contribution in [3.63, 3.8) is 0 Å². The van der Waals surface area contributed by atoms with Crippen LogP contribution in [0.5, 0.6) is 0 Å². The Bertz CT molecular complexity index is 799. The highest BCUT2D eigenvalue weighted by molar-refractivity contribution is 6.04. The lowest BCUT2D eigenvalue weighted by atomic mass is 10.2. The van der Waals surface area contributed by atoms with Gasteiger partial charge >= 0.3 is 0 Å². The number of amides is 1. The first-order chi connectivity index (χ1) is 11.3. The fraction of sp³-hybridized carbons (Fsp3) is 0.118. The van der Waals surface area contributed by atoms with Gasteiger partial charge in [-0.05, 0) is 11.6 Å². The monoisotopic (exact) mass is 308 g/mol. The van der Waals surface area contributed by atoms with E-state index < -0.39 is 0 Å². The lowest BCUT2D eigenvalue weighted by molar-refractivity contribution is 0.102. The smallest absolute Gasteiger partial charge is 0.258 e. The summed E-state index contributed by atoms with van der Waals surface area (Å²) in [7, 11) is 0. The molecule has 2 N–H and O–H groups in total. The Morgan fingerprint density at radius 2 is 2.00 bits per heavy atom. The molecule has 6 heteroatoms. The van der Waals surface area contributed by atoms with Crippen molar-refractivity contribution in [2.24, 2.45) is 0 Å². The molecular formula is C17H16N4O2. The van der Waals surface area contributed by atoms with Crippen molar-refractivity contribution >= 4 is 11.6 Å². The van der Waals surface area contributed by atoms with Gasteiger partial charge in [-0.2, -0.15) is 5.10 Å². The molecule has 0 unspecified atom stereocenters. The minimum absolute atomic E-state index is 0.161. The molecule has 0 bridgehead atoms. The van der Waals surface area contributed by atoms with E-state index >= 15 is 0 Å². The van der Waals surface area contributed by atoms with Gasteiger partial charge in [-0.15, -0.1) is 0 Å². The first-order valence-electron chi connectivity index (χ1n) is 7.18. The van der Waals surface area contributed by atoms with Gasteiger partial charge in [0.25, 0.3) is 5.91 Å². The number of nitrogens with one attached hydrogen (secondary N) is 1. The van der Waals surface area contributed by atoms with Crippen LogP contribution in [0.4, 0.5) is 5.69 Å². The van der Waals surface area contributed by atoms with E-state index in [-0.39, 0.29) is 12.5 Å². The first kappa shape index (κ1) is 14.9. The second-order valence-electron chi connectivity index (χ2n) is 5.06. The van der Waals surface area contributed by atoms with Crippen LogP contribution in [0.2, 0.25) is 0 Å². The number of aromatic nitrogens is 3. The number of benzene rings is 1. The lowest BCUT2D eigenvalue weighted by Gasteiger charge is -2.07. The Morgan fingerprint density at radius 3 is 2.78 bits per heavy atom. The van der Waals surface area contributed by atoms with Gasteiger partial charge in [-0.3, -0.25) is 14.5 Å². The summed E-state index contributed by atoms with van der Waals surface area (Å²) in [6, 6.07) is 11.6. The van der Waals surface area contributed by atoms with Crippen molar-refractivity contribution in [3.05, 3.63) is 77.9 Å². The number of aliphatic hydroxyl groups excluding tert-OH is 1. The summed E-state index contributed by atoms with van der Waals surface area (Å²) >= 11 is 0. The van der Waals surface area contributed by atoms with Crippen molar-refractivity contribution in [2.75, 3.05) is 5.32 Å². The molecule has 0 spiro atoms. The minimum atomic E-state index is -0.285. The summed E-state index contributed by atoms with van der Waals surface area (Å²) in [5, 5.41) is 16.2. The molecule has 2 heterocycles. The van der Waals surface area contributed by atoms with Crippen LogP contribution in [-0.2, 0) is 13.2 Å². The van der Waals surface area contributed by atoms with E-state index in [1.807, 2.05) is 30.3 Å². The molecule has 3 aromatic rings. The van der Waals surface area contributed by atoms with Crippen molar-refractivity contribution in [2.45, 2.75) is 13.2 Å². The first-order valence-corrected chi connectivity index (χ1v) is 7.18. The van der Waals surface area contributed by atoms with Gasteiger partial charge < -0.3 is 10.4 Å². The Hall–Kier alpha value is -2.99. The van der Waals surface area contributed by atoms with Crippen molar-refractivity contribution in [1.29, 1.82) is 0 Å². The Morgan fingerprint density at radius 1 is 1.17 bits per heavy atom. The van der Waals surface area contributed by atoms with Crippen LogP contribution in [0.15, 0.2) is 61.2 Å². The van der Waals surface area contributed by atoms with Crippen LogP contribution in [-0.4, -0.2) is 25.8 Å². The summed E-state index contributed by atoms with van der Waals surface area (Å²) in [6.07, 6.45) is 6.29. The topological polar surface area (TPSA) is 80.0 Å². The standard InChI is InChI=1S/C17H16N4O2/c22-12-14-6-7-18-9-16(14)20-17(23)15-8-19-21(11-15)10-13-4-2-1-3-5-13/h1-9,11,22H,10,12H2,(H,20,23). The van der Waals surface area contributed by atoms with Gasteiger partial charge in [0.1, 0.15) is 0 Å². The summed E-state index contributed by atoms with van der Waals surface area (Å²) in [5.41, 5.74) is 2.67. The van der Waals surface area contributed by atoms with Crippen LogP contribution in [0.3, 0.4) is 0 Å². The molecule has 1 aromatic carbocycles. The number of pyridine rings is 1. The molecular weight excluding hydrogens is 292 g/mol. The fourth-order valence-electron chi connectivity index (χ4n) is 2.21. The quantitative estimate of drug-likeness (QED) is 0.756. The molecule has 0 saturated carbocycles. The van der Waals surface area contributed by atoms with Crippen molar-refractivity contribution < 1.29 is 9.90 Å². The number of hydrogen-bond donors (Lipinski definition) is 2. The van der Waals surface area contributed by atoms with E-state index in [2.05, 4.69) is 15.4 Å². The third-order valence-electron chi connectivity index (χ3n) is 3.41. The largest absolute Gasteiger partial charge is 0.392 e. The number of carbonyl (C=O) groups excluding carboxylic acids is 1. The maximum atomic E-state index is 12.3. The zero-order chi connectivity index (χ0) is 16.1. The van der Waals surface area contributed by atoms with Crippen molar-refractivity contribution in [3.8, 4) is 0 Å². The number of aliphatic hydroxyl groups is 1. The number of hydrogen-bond acceptors (Lipinski definition) is 4. The summed E-state index contributed by atoms with van der Waals surface area (Å²) in [5.74, 6) is -0.285. The molecule has 0 radical (unpaired) electrons. The molecule has 23 heavy (non-hydrogen) atoms. The lowest BCUT2D eigenvalue weighted by Crippen LogP contribution is -2.13. The molecule has 1 amide bonds. The molecule has 0 aliphatic rings. The van der Waals surface area contributed by atoms with Gasteiger partial charge in [0.2, 0.25) is 0 Å². The number of carbonyl (C=O) groups is 1. The molecule has 0 atom stereocenters. The van der Waals surface area contributed by atoms with Crippen LogP contribution in [0.25, 0.3) is 0 Å². The van der Waals surface area contributed by atoms with E-state index in [4.69, 9.17) is 0 Å². The van der Waals surface area contributed by atoms with E-state index in [0.29, 0.717) is 23.4 Å². The number of rotatable bonds is 5. The molecule has 0 saturated heterocycles. The van der Waals surface area contributed by atoms with Crippen LogP contribution >= 0.6 is 0 Å². The molecule has 0 aliphatic carbocycles. The highest BCUT2D eigenvalue weighted by atomic mass is 16.3. The third-order valence-corrected chi connectivity index (χ3v) is 3.41. The Labute approximate surface area is 133 Å². The van der Waals surface area contributed by atoms with Gasteiger partial charge in [0.05, 0.1) is 36.8 Å². The summed E-state index contributed by atoms with van der Waals surface area (Å²) in [6.45, 7) is 0.439. The van der Waals surface area contributed by atoms with E-state index in [1.54, 1.807) is 23.1 Å². The van der Waals surface area contributed by atoms with Crippen LogP contribution < -0.4 is 5.32 Å². The number of nitrogens with zero attached hydrogens (tertiary/aromatic N) is 3. The van der Waals surface area contributed by atoms with E-state index in [0.717, 1.165) is 5.56 Å². The van der Waals surface area contributed by atoms with Crippen molar-refractivity contribution in [1.82, 2.24) is 14.8 Å². The van der Waals surface area contributed by atoms with E-state index in [9.17, 15) is 9.90 Å². The molecule has 3 rings (SSSR count). The van der Waals surface area contributed by atoms with Crippen LogP contribution in [0.1, 0.15) is 21.5 Å². The third kappa shape index (κ3) is 3.61. The van der Waals surface area contributed by atoms with Gasteiger partial charge in [-0.25, -0.2) is 0 Å². The minimum Gasteiger partial charge on any atom is -0.392 e. The highest BCUT2D eigenvalue weighted by Crippen LogP contribution is 2.14. The maximum Gasteiger partial charge on any atom is 0.258 e. The highest BCUT2D eigenvalue weighted by Gasteiger charge is 2.11. The molecule has 6 nitrogen and oxygen atoms in total. The van der Waals surface area contributed by atoms with Crippen LogP contribution in [0, 0.1) is 0 Å². The SMILES string of the molecule is O=C(Nc1cnccc1CO)c1cnn(Cc2ccccc2)c1. The summed E-state index contributed by atoms with van der Waals surface area (Å²) in [4.78, 5) is 16.2. The second-order valence-corrected chi connectivity index (χ2v) is 5.06. The Kier molecular flexibility index (Phi) is 4.44. The molecule has 0 aliphatic heterocycles. The summed E-state index contributed by atoms with van der Waals surface area (Å²) < 4.78 is 1.71. The predicted molar refractivity (Wildman–Crippen MR) is 85.9 cm³/mol. The average Bonchev–Trinajstić information content (AvgIpc) is 3.05. The molecule has 0 fully saturated rings. The Balaban J connectivity index is 1.71. The average molecular weight is 308 g/mol. The second kappa shape index (κ2) is 6.85. The molecule has 116 valence electrons. The molecule has 2 aromatic heterocycles. The van der Waals surface area contributed by atoms with E-state index in [1.165, 1.54) is 12.4 Å². The van der Waals surface area contributed by atoms with Gasteiger partial charge in [-0.1, -0.05) is 30.3 Å². The van der Waals surface area contributed by atoms with Gasteiger partial charge in [0.15, 0.2) is 0 Å². The predicted octanol–water partition coefficient (Wildman–Crippen LogP) is 2.07. The maximum absolute atomic E-state index is 12.3. The normalized spacial score (nSPS) is 10.5. The van der Waals surface area contributed by atoms with Gasteiger partial charge in [0, 0.05) is 18.0 Å². The zero-order valence-electron chi connectivity index (χ0n) is 12.4. The zero-order valence-corrected chi connectivity index (χ0v) is 12.4.